The molecule has 0 saturated carbocycles. The van der Waals surface area contributed by atoms with Gasteiger partial charge in [-0.05, 0) is 37.6 Å². The first kappa shape index (κ1) is 13.4. The quantitative estimate of drug-likeness (QED) is 0.899. The van der Waals surface area contributed by atoms with Crippen LogP contribution in [0.5, 0.6) is 0 Å². The number of hydrogen-bond acceptors (Lipinski definition) is 4. The molecule has 1 heterocycles. The zero-order chi connectivity index (χ0) is 13.1. The lowest BCUT2D eigenvalue weighted by Gasteiger charge is -2.32. The van der Waals surface area contributed by atoms with Gasteiger partial charge in [0, 0.05) is 12.0 Å². The van der Waals surface area contributed by atoms with Crippen molar-refractivity contribution in [2.24, 2.45) is 5.73 Å². The van der Waals surface area contributed by atoms with Gasteiger partial charge in [-0.3, -0.25) is 9.69 Å². The van der Waals surface area contributed by atoms with Gasteiger partial charge in [0.05, 0.1) is 10.9 Å². The number of rotatable bonds is 4. The normalized spacial score (nSPS) is 18.9. The van der Waals surface area contributed by atoms with Crippen LogP contribution in [-0.4, -0.2) is 31.5 Å². The maximum absolute atomic E-state index is 12.1. The summed E-state index contributed by atoms with van der Waals surface area (Å²) in [5.41, 5.74) is 7.66. The highest BCUT2D eigenvalue weighted by Crippen LogP contribution is 2.39. The van der Waals surface area contributed by atoms with E-state index >= 15 is 0 Å². The summed E-state index contributed by atoms with van der Waals surface area (Å²) in [6.07, 6.45) is 0.822. The maximum atomic E-state index is 12.1. The van der Waals surface area contributed by atoms with Gasteiger partial charge in [-0.1, -0.05) is 6.07 Å². The number of ether oxygens (including phenoxy) is 1. The number of anilines is 1. The fourth-order valence-corrected chi connectivity index (χ4v) is 3.08. The van der Waals surface area contributed by atoms with Crippen LogP contribution >= 0.6 is 11.8 Å². The Morgan fingerprint density at radius 2 is 2.28 bits per heavy atom. The molecule has 2 N–H and O–H groups in total. The Morgan fingerprint density at radius 1 is 1.50 bits per heavy atom. The molecule has 1 unspecified atom stereocenters. The van der Waals surface area contributed by atoms with Gasteiger partial charge >= 0.3 is 0 Å². The van der Waals surface area contributed by atoms with Crippen LogP contribution < -0.4 is 10.6 Å². The highest BCUT2D eigenvalue weighted by Gasteiger charge is 2.30. The first-order valence-corrected chi connectivity index (χ1v) is 6.85. The highest BCUT2D eigenvalue weighted by atomic mass is 32.2. The second-order valence-corrected chi connectivity index (χ2v) is 5.67. The van der Waals surface area contributed by atoms with Crippen molar-refractivity contribution in [3.8, 4) is 0 Å². The number of methoxy groups -OCH3 is 1. The largest absolute Gasteiger partial charge is 0.364 e. The molecule has 5 heteroatoms. The number of benzene rings is 1. The molecule has 2 rings (SSSR count). The summed E-state index contributed by atoms with van der Waals surface area (Å²) in [5.74, 6) is 0.0965. The number of nitrogens with two attached hydrogens (primary N) is 1. The molecule has 1 amide bonds. The average Bonchev–Trinajstić information content (AvgIpc) is 2.36. The molecule has 4 nitrogen and oxygen atoms in total. The minimum atomic E-state index is -0.0620. The average molecular weight is 266 g/mol. The second-order valence-electron chi connectivity index (χ2n) is 4.28. The zero-order valence-electron chi connectivity index (χ0n) is 10.7. The van der Waals surface area contributed by atoms with Crippen LogP contribution in [0.25, 0.3) is 0 Å². The number of carbonyl (C=O) groups is 1. The molecular formula is C13H18N2O2S. The van der Waals surface area contributed by atoms with E-state index in [0.717, 1.165) is 22.6 Å². The number of hydrogen-bond donors (Lipinski definition) is 1. The molecule has 1 aliphatic heterocycles. The third kappa shape index (κ3) is 2.53. The third-order valence-corrected chi connectivity index (χ3v) is 4.08. The summed E-state index contributed by atoms with van der Waals surface area (Å²) < 4.78 is 5.13. The van der Waals surface area contributed by atoms with E-state index in [2.05, 4.69) is 12.1 Å². The van der Waals surface area contributed by atoms with E-state index in [4.69, 9.17) is 10.5 Å². The van der Waals surface area contributed by atoms with Crippen LogP contribution in [-0.2, 0) is 16.0 Å². The van der Waals surface area contributed by atoms with Gasteiger partial charge in [-0.2, -0.15) is 0 Å². The summed E-state index contributed by atoms with van der Waals surface area (Å²) in [6, 6.07) is 6.18. The standard InChI is InChI=1S/C13H18N2O2S/c1-9-13(16)15(8-17-2)11-7-10(5-6-14)3-4-12(11)18-9/h3-4,7,9H,5-6,8,14H2,1-2H3. The van der Waals surface area contributed by atoms with Crippen molar-refractivity contribution in [1.29, 1.82) is 0 Å². The summed E-state index contributed by atoms with van der Waals surface area (Å²) in [7, 11) is 1.60. The molecule has 0 bridgehead atoms. The van der Waals surface area contributed by atoms with Crippen molar-refractivity contribution in [2.75, 3.05) is 25.3 Å². The molecule has 0 radical (unpaired) electrons. The van der Waals surface area contributed by atoms with Gasteiger partial charge in [0.1, 0.15) is 6.73 Å². The van der Waals surface area contributed by atoms with Crippen LogP contribution in [0, 0.1) is 0 Å². The molecule has 0 spiro atoms. The number of thioether (sulfide) groups is 1. The van der Waals surface area contributed by atoms with E-state index < -0.39 is 0 Å². The van der Waals surface area contributed by atoms with Crippen molar-refractivity contribution in [1.82, 2.24) is 0 Å². The first-order chi connectivity index (χ1) is 8.67. The number of nitrogens with zero attached hydrogens (tertiary/aromatic N) is 1. The lowest BCUT2D eigenvalue weighted by atomic mass is 10.1. The van der Waals surface area contributed by atoms with E-state index in [9.17, 15) is 4.79 Å². The van der Waals surface area contributed by atoms with Crippen LogP contribution in [0.2, 0.25) is 0 Å². The van der Waals surface area contributed by atoms with Gasteiger partial charge in [-0.15, -0.1) is 11.8 Å². The van der Waals surface area contributed by atoms with Crippen molar-refractivity contribution in [2.45, 2.75) is 23.5 Å². The zero-order valence-corrected chi connectivity index (χ0v) is 11.5. The fourth-order valence-electron chi connectivity index (χ4n) is 2.04. The lowest BCUT2D eigenvalue weighted by molar-refractivity contribution is -0.119. The van der Waals surface area contributed by atoms with Crippen molar-refractivity contribution < 1.29 is 9.53 Å². The number of amides is 1. The summed E-state index contributed by atoms with van der Waals surface area (Å²) in [5, 5.41) is -0.0620. The second kappa shape index (κ2) is 5.73. The van der Waals surface area contributed by atoms with Gasteiger partial charge in [-0.25, -0.2) is 0 Å². The molecule has 1 atom stereocenters. The van der Waals surface area contributed by atoms with Crippen LogP contribution in [0.4, 0.5) is 5.69 Å². The Morgan fingerprint density at radius 3 is 2.94 bits per heavy atom. The molecule has 0 aliphatic carbocycles. The highest BCUT2D eigenvalue weighted by molar-refractivity contribution is 8.00. The number of carbonyl (C=O) groups excluding carboxylic acids is 1. The Hall–Kier alpha value is -1.04. The molecular weight excluding hydrogens is 248 g/mol. The monoisotopic (exact) mass is 266 g/mol. The van der Waals surface area contributed by atoms with Gasteiger partial charge in [0.2, 0.25) is 5.91 Å². The van der Waals surface area contributed by atoms with Crippen molar-refractivity contribution >= 4 is 23.4 Å². The van der Waals surface area contributed by atoms with Crippen molar-refractivity contribution in [3.63, 3.8) is 0 Å². The predicted molar refractivity (Wildman–Crippen MR) is 73.9 cm³/mol. The summed E-state index contributed by atoms with van der Waals surface area (Å²) in [6.45, 7) is 2.83. The molecule has 98 valence electrons. The molecule has 1 aliphatic rings. The molecule has 1 aromatic rings. The Balaban J connectivity index is 2.38. The third-order valence-electron chi connectivity index (χ3n) is 2.92. The Kier molecular flexibility index (Phi) is 4.27. The van der Waals surface area contributed by atoms with E-state index in [-0.39, 0.29) is 11.2 Å². The molecule has 0 saturated heterocycles. The van der Waals surface area contributed by atoms with Gasteiger partial charge in [0.25, 0.3) is 0 Å². The summed E-state index contributed by atoms with van der Waals surface area (Å²) >= 11 is 1.60. The van der Waals surface area contributed by atoms with E-state index in [0.29, 0.717) is 13.3 Å². The topological polar surface area (TPSA) is 55.6 Å². The first-order valence-electron chi connectivity index (χ1n) is 5.97. The molecule has 0 aromatic heterocycles. The van der Waals surface area contributed by atoms with Crippen LogP contribution in [0.1, 0.15) is 12.5 Å². The lowest BCUT2D eigenvalue weighted by Crippen LogP contribution is -2.41. The van der Waals surface area contributed by atoms with E-state index in [1.54, 1.807) is 23.8 Å². The Bertz CT molecular complexity index is 451. The molecule has 1 aromatic carbocycles. The van der Waals surface area contributed by atoms with Crippen molar-refractivity contribution in [3.05, 3.63) is 23.8 Å². The van der Waals surface area contributed by atoms with Gasteiger partial charge in [0.15, 0.2) is 0 Å². The van der Waals surface area contributed by atoms with Crippen LogP contribution in [0.3, 0.4) is 0 Å². The van der Waals surface area contributed by atoms with Crippen LogP contribution in [0.15, 0.2) is 23.1 Å². The van der Waals surface area contributed by atoms with Gasteiger partial charge < -0.3 is 10.5 Å². The molecule has 18 heavy (non-hydrogen) atoms. The minimum Gasteiger partial charge on any atom is -0.364 e. The summed E-state index contributed by atoms with van der Waals surface area (Å²) in [4.78, 5) is 15.0. The molecule has 0 fully saturated rings. The smallest absolute Gasteiger partial charge is 0.242 e. The fraction of sp³-hybridized carbons (Fsp3) is 0.462. The van der Waals surface area contributed by atoms with E-state index in [1.165, 1.54) is 0 Å². The maximum Gasteiger partial charge on any atom is 0.242 e. The minimum absolute atomic E-state index is 0.0620. The SMILES string of the molecule is COCN1C(=O)C(C)Sc2ccc(CCN)cc21. The number of fused-ring (bicyclic) bond motifs is 1. The Labute approximate surface area is 111 Å². The predicted octanol–water partition coefficient (Wildman–Crippen LogP) is 1.62. The van der Waals surface area contributed by atoms with E-state index in [1.807, 2.05) is 13.0 Å².